The van der Waals surface area contributed by atoms with Gasteiger partial charge in [0.1, 0.15) is 0 Å². The predicted octanol–water partition coefficient (Wildman–Crippen LogP) is 2.20. The second-order valence-corrected chi connectivity index (χ2v) is 4.49. The van der Waals surface area contributed by atoms with Crippen LogP contribution >= 0.6 is 11.3 Å². The largest absolute Gasteiger partial charge is 0.472 e. The summed E-state index contributed by atoms with van der Waals surface area (Å²) < 4.78 is 4.85. The van der Waals surface area contributed by atoms with E-state index in [1.807, 2.05) is 16.8 Å². The first-order valence-corrected chi connectivity index (χ1v) is 6.38. The highest BCUT2D eigenvalue weighted by molar-refractivity contribution is 7.08. The summed E-state index contributed by atoms with van der Waals surface area (Å²) in [5, 5.41) is 16.2. The minimum atomic E-state index is -0.748. The standard InChI is InChI=1S/C13H13NO3S/c15-12(11-3-5-17-8-11)7-14-13(16)2-1-10-4-6-18-9-10/h1-6,8-9,12,15H,7H2,(H,14,16)/b2-1+. The van der Waals surface area contributed by atoms with Gasteiger partial charge in [-0.25, -0.2) is 0 Å². The van der Waals surface area contributed by atoms with E-state index in [9.17, 15) is 9.90 Å². The summed E-state index contributed by atoms with van der Waals surface area (Å²) in [6.45, 7) is 0.159. The third-order valence-corrected chi connectivity index (χ3v) is 3.07. The van der Waals surface area contributed by atoms with E-state index in [1.54, 1.807) is 23.5 Å². The Morgan fingerprint density at radius 3 is 3.11 bits per heavy atom. The average Bonchev–Trinajstić information content (AvgIpc) is 3.05. The number of hydrogen-bond donors (Lipinski definition) is 2. The minimum Gasteiger partial charge on any atom is -0.472 e. The monoisotopic (exact) mass is 263 g/mol. The van der Waals surface area contributed by atoms with Crippen LogP contribution < -0.4 is 5.32 Å². The number of thiophene rings is 1. The van der Waals surface area contributed by atoms with Gasteiger partial charge in [0, 0.05) is 18.2 Å². The molecule has 0 spiro atoms. The van der Waals surface area contributed by atoms with Crippen LogP contribution in [0.2, 0.25) is 0 Å². The van der Waals surface area contributed by atoms with Crippen LogP contribution in [0, 0.1) is 0 Å². The van der Waals surface area contributed by atoms with Gasteiger partial charge in [0.2, 0.25) is 5.91 Å². The maximum Gasteiger partial charge on any atom is 0.244 e. The molecule has 0 saturated heterocycles. The highest BCUT2D eigenvalue weighted by Crippen LogP contribution is 2.11. The van der Waals surface area contributed by atoms with Gasteiger partial charge in [-0.05, 0) is 34.5 Å². The highest BCUT2D eigenvalue weighted by atomic mass is 32.1. The summed E-state index contributed by atoms with van der Waals surface area (Å²) in [5.74, 6) is -0.233. The molecule has 94 valence electrons. The fourth-order valence-electron chi connectivity index (χ4n) is 1.38. The van der Waals surface area contributed by atoms with Crippen molar-refractivity contribution in [3.63, 3.8) is 0 Å². The molecule has 0 saturated carbocycles. The lowest BCUT2D eigenvalue weighted by Crippen LogP contribution is -2.26. The molecule has 2 aromatic heterocycles. The number of nitrogens with one attached hydrogen (secondary N) is 1. The van der Waals surface area contributed by atoms with Gasteiger partial charge in [0.25, 0.3) is 0 Å². The summed E-state index contributed by atoms with van der Waals surface area (Å²) in [5.41, 5.74) is 1.64. The van der Waals surface area contributed by atoms with Gasteiger partial charge in [0.05, 0.1) is 18.6 Å². The van der Waals surface area contributed by atoms with E-state index in [0.717, 1.165) is 5.56 Å². The third kappa shape index (κ3) is 3.58. The number of aliphatic hydroxyl groups is 1. The van der Waals surface area contributed by atoms with E-state index in [1.165, 1.54) is 18.6 Å². The van der Waals surface area contributed by atoms with Crippen LogP contribution in [0.1, 0.15) is 17.2 Å². The molecule has 0 bridgehead atoms. The predicted molar refractivity (Wildman–Crippen MR) is 70.0 cm³/mol. The molecule has 0 aliphatic carbocycles. The smallest absolute Gasteiger partial charge is 0.244 e. The Bertz CT molecular complexity index is 502. The normalized spacial score (nSPS) is 12.7. The number of hydrogen-bond acceptors (Lipinski definition) is 4. The SMILES string of the molecule is O=C(/C=C/c1ccsc1)NCC(O)c1ccoc1. The average molecular weight is 263 g/mol. The molecule has 0 fully saturated rings. The zero-order valence-corrected chi connectivity index (χ0v) is 10.4. The summed E-state index contributed by atoms with van der Waals surface area (Å²) in [6, 6.07) is 3.59. The van der Waals surface area contributed by atoms with E-state index in [2.05, 4.69) is 5.32 Å². The number of aliphatic hydroxyl groups excluding tert-OH is 1. The maximum absolute atomic E-state index is 11.5. The summed E-state index contributed by atoms with van der Waals surface area (Å²) in [6.07, 6.45) is 5.37. The molecular formula is C13H13NO3S. The topological polar surface area (TPSA) is 62.5 Å². The van der Waals surface area contributed by atoms with Crippen LogP contribution in [0.15, 0.2) is 45.9 Å². The molecule has 0 radical (unpaired) electrons. The molecule has 2 aromatic rings. The Hall–Kier alpha value is -1.85. The van der Waals surface area contributed by atoms with Crippen molar-refractivity contribution in [2.24, 2.45) is 0 Å². The Balaban J connectivity index is 1.78. The Kier molecular flexibility index (Phi) is 4.33. The van der Waals surface area contributed by atoms with Crippen LogP contribution in [0.4, 0.5) is 0 Å². The lowest BCUT2D eigenvalue weighted by molar-refractivity contribution is -0.116. The second kappa shape index (κ2) is 6.18. The van der Waals surface area contributed by atoms with Crippen molar-refractivity contribution in [2.75, 3.05) is 6.54 Å². The van der Waals surface area contributed by atoms with Crippen molar-refractivity contribution in [3.05, 3.63) is 52.6 Å². The van der Waals surface area contributed by atoms with Gasteiger partial charge in [-0.1, -0.05) is 0 Å². The van der Waals surface area contributed by atoms with Gasteiger partial charge >= 0.3 is 0 Å². The molecule has 2 heterocycles. The van der Waals surface area contributed by atoms with Crippen molar-refractivity contribution in [1.29, 1.82) is 0 Å². The van der Waals surface area contributed by atoms with Gasteiger partial charge in [-0.15, -0.1) is 0 Å². The molecule has 18 heavy (non-hydrogen) atoms. The van der Waals surface area contributed by atoms with Crippen molar-refractivity contribution in [2.45, 2.75) is 6.10 Å². The quantitative estimate of drug-likeness (QED) is 0.813. The first-order chi connectivity index (χ1) is 8.75. The molecule has 0 aliphatic rings. The Labute approximate surface area is 109 Å². The molecule has 0 aliphatic heterocycles. The number of amides is 1. The molecule has 5 heteroatoms. The van der Waals surface area contributed by atoms with Gasteiger partial charge in [-0.2, -0.15) is 11.3 Å². The first-order valence-electron chi connectivity index (χ1n) is 5.44. The molecule has 0 aromatic carbocycles. The summed E-state index contributed by atoms with van der Waals surface area (Å²) in [7, 11) is 0. The molecule has 2 N–H and O–H groups in total. The number of carbonyl (C=O) groups excluding carboxylic acids is 1. The van der Waals surface area contributed by atoms with Crippen molar-refractivity contribution in [3.8, 4) is 0 Å². The highest BCUT2D eigenvalue weighted by Gasteiger charge is 2.09. The van der Waals surface area contributed by atoms with Crippen molar-refractivity contribution in [1.82, 2.24) is 5.32 Å². The number of carbonyl (C=O) groups is 1. The van der Waals surface area contributed by atoms with Crippen LogP contribution in [-0.2, 0) is 4.79 Å². The fraction of sp³-hybridized carbons (Fsp3) is 0.154. The van der Waals surface area contributed by atoms with Crippen LogP contribution in [0.25, 0.3) is 6.08 Å². The van der Waals surface area contributed by atoms with Gasteiger partial charge < -0.3 is 14.8 Å². The zero-order valence-electron chi connectivity index (χ0n) is 9.58. The van der Waals surface area contributed by atoms with Crippen LogP contribution in [0.5, 0.6) is 0 Å². The van der Waals surface area contributed by atoms with Crippen molar-refractivity contribution < 1.29 is 14.3 Å². The van der Waals surface area contributed by atoms with E-state index < -0.39 is 6.10 Å². The maximum atomic E-state index is 11.5. The lowest BCUT2D eigenvalue weighted by Gasteiger charge is -2.08. The molecule has 2 rings (SSSR count). The molecule has 4 nitrogen and oxygen atoms in total. The van der Waals surface area contributed by atoms with Gasteiger partial charge in [-0.3, -0.25) is 4.79 Å². The van der Waals surface area contributed by atoms with E-state index in [4.69, 9.17) is 4.42 Å². The zero-order chi connectivity index (χ0) is 12.8. The number of rotatable bonds is 5. The van der Waals surface area contributed by atoms with Crippen molar-refractivity contribution >= 4 is 23.3 Å². The molecule has 1 amide bonds. The molecular weight excluding hydrogens is 250 g/mol. The second-order valence-electron chi connectivity index (χ2n) is 3.71. The molecule has 1 atom stereocenters. The van der Waals surface area contributed by atoms with Crippen LogP contribution in [-0.4, -0.2) is 17.6 Å². The van der Waals surface area contributed by atoms with Crippen LogP contribution in [0.3, 0.4) is 0 Å². The van der Waals surface area contributed by atoms with E-state index in [0.29, 0.717) is 5.56 Å². The van der Waals surface area contributed by atoms with E-state index in [-0.39, 0.29) is 12.5 Å². The Morgan fingerprint density at radius 2 is 2.44 bits per heavy atom. The van der Waals surface area contributed by atoms with E-state index >= 15 is 0 Å². The molecule has 1 unspecified atom stereocenters. The van der Waals surface area contributed by atoms with Gasteiger partial charge in [0.15, 0.2) is 0 Å². The fourth-order valence-corrected chi connectivity index (χ4v) is 2.01. The third-order valence-electron chi connectivity index (χ3n) is 2.37. The Morgan fingerprint density at radius 1 is 1.56 bits per heavy atom. The summed E-state index contributed by atoms with van der Waals surface area (Å²) in [4.78, 5) is 11.5. The minimum absolute atomic E-state index is 0.159. The summed E-state index contributed by atoms with van der Waals surface area (Å²) >= 11 is 1.57. The lowest BCUT2D eigenvalue weighted by atomic mass is 10.2. The number of furan rings is 1. The first kappa shape index (κ1) is 12.6.